The van der Waals surface area contributed by atoms with Gasteiger partial charge in [-0.15, -0.1) is 0 Å². The monoisotopic (exact) mass is 388 g/mol. The molecule has 27 heavy (non-hydrogen) atoms. The summed E-state index contributed by atoms with van der Waals surface area (Å²) in [6.07, 6.45) is -0.649. The minimum Gasteiger partial charge on any atom is -0.460 e. The van der Waals surface area contributed by atoms with Crippen molar-refractivity contribution in [3.63, 3.8) is 0 Å². The van der Waals surface area contributed by atoms with E-state index in [1.165, 1.54) is 0 Å². The molecule has 2 aliphatic rings. The highest BCUT2D eigenvalue weighted by molar-refractivity contribution is 5.79. The minimum absolute atomic E-state index is 0.0259. The molecule has 156 valence electrons. The molecule has 2 aliphatic heterocycles. The summed E-state index contributed by atoms with van der Waals surface area (Å²) in [6.45, 7) is 12.6. The standard InChI is InChI=1S/C19H32O8/c1-8-17(2,3)16(21)23-11-14(20)22-9-12-15(27-19(6,7)26-12)13-10-24-18(4,5)25-13/h12-13,15H,8-11H2,1-7H3. The van der Waals surface area contributed by atoms with E-state index >= 15 is 0 Å². The third-order valence-corrected chi connectivity index (χ3v) is 4.78. The summed E-state index contributed by atoms with van der Waals surface area (Å²) in [7, 11) is 0. The molecule has 0 aliphatic carbocycles. The van der Waals surface area contributed by atoms with E-state index in [9.17, 15) is 9.59 Å². The first-order valence-corrected chi connectivity index (χ1v) is 9.35. The van der Waals surface area contributed by atoms with Crippen molar-refractivity contribution in [3.05, 3.63) is 0 Å². The Kier molecular flexibility index (Phi) is 6.56. The first-order valence-electron chi connectivity index (χ1n) is 9.35. The fourth-order valence-electron chi connectivity index (χ4n) is 2.87. The molecule has 0 aromatic carbocycles. The second-order valence-corrected chi connectivity index (χ2v) is 8.50. The summed E-state index contributed by atoms with van der Waals surface area (Å²) in [6, 6.07) is 0. The second-order valence-electron chi connectivity index (χ2n) is 8.50. The molecule has 3 unspecified atom stereocenters. The van der Waals surface area contributed by atoms with Crippen LogP contribution in [0.15, 0.2) is 0 Å². The first kappa shape index (κ1) is 22.1. The van der Waals surface area contributed by atoms with E-state index in [-0.39, 0.29) is 12.7 Å². The third kappa shape index (κ3) is 5.88. The SMILES string of the molecule is CCC(C)(C)C(=O)OCC(=O)OCC1OC(C)(C)OC1C1COC(C)(C)O1. The van der Waals surface area contributed by atoms with E-state index in [2.05, 4.69) is 0 Å². The van der Waals surface area contributed by atoms with E-state index in [1.54, 1.807) is 27.7 Å². The number of hydrogen-bond donors (Lipinski definition) is 0. The van der Waals surface area contributed by atoms with Crippen molar-refractivity contribution in [1.29, 1.82) is 0 Å². The van der Waals surface area contributed by atoms with Gasteiger partial charge in [0.15, 0.2) is 18.2 Å². The van der Waals surface area contributed by atoms with Gasteiger partial charge in [0.25, 0.3) is 0 Å². The topological polar surface area (TPSA) is 89.5 Å². The van der Waals surface area contributed by atoms with E-state index in [0.717, 1.165) is 0 Å². The van der Waals surface area contributed by atoms with Crippen LogP contribution in [0.2, 0.25) is 0 Å². The summed E-state index contributed by atoms with van der Waals surface area (Å²) in [5.41, 5.74) is -0.635. The molecular weight excluding hydrogens is 356 g/mol. The Morgan fingerprint density at radius 2 is 1.70 bits per heavy atom. The van der Waals surface area contributed by atoms with E-state index in [4.69, 9.17) is 28.4 Å². The number of hydrogen-bond acceptors (Lipinski definition) is 8. The van der Waals surface area contributed by atoms with Crippen molar-refractivity contribution in [1.82, 2.24) is 0 Å². The van der Waals surface area contributed by atoms with Crippen LogP contribution in [0.1, 0.15) is 54.9 Å². The zero-order valence-corrected chi connectivity index (χ0v) is 17.3. The van der Waals surface area contributed by atoms with Crippen LogP contribution < -0.4 is 0 Å². The molecule has 0 radical (unpaired) electrons. The minimum atomic E-state index is -0.824. The second kappa shape index (κ2) is 8.03. The molecule has 0 spiro atoms. The summed E-state index contributed by atoms with van der Waals surface area (Å²) in [4.78, 5) is 23.9. The van der Waals surface area contributed by atoms with Crippen LogP contribution >= 0.6 is 0 Å². The van der Waals surface area contributed by atoms with E-state index in [1.807, 2.05) is 20.8 Å². The molecule has 2 saturated heterocycles. The molecule has 8 nitrogen and oxygen atoms in total. The van der Waals surface area contributed by atoms with Crippen molar-refractivity contribution >= 4 is 11.9 Å². The smallest absolute Gasteiger partial charge is 0.344 e. The summed E-state index contributed by atoms with van der Waals surface area (Å²) >= 11 is 0. The lowest BCUT2D eigenvalue weighted by Crippen LogP contribution is -2.41. The largest absolute Gasteiger partial charge is 0.460 e. The quantitative estimate of drug-likeness (QED) is 0.613. The normalized spacial score (nSPS) is 29.5. The van der Waals surface area contributed by atoms with Gasteiger partial charge < -0.3 is 28.4 Å². The summed E-state index contributed by atoms with van der Waals surface area (Å²) < 4.78 is 33.5. The first-order chi connectivity index (χ1) is 12.4. The van der Waals surface area contributed by atoms with Crippen LogP contribution in [0.4, 0.5) is 0 Å². The highest BCUT2D eigenvalue weighted by atomic mass is 16.8. The summed E-state index contributed by atoms with van der Waals surface area (Å²) in [5, 5.41) is 0. The summed E-state index contributed by atoms with van der Waals surface area (Å²) in [5.74, 6) is -2.58. The Morgan fingerprint density at radius 3 is 2.26 bits per heavy atom. The predicted octanol–water partition coefficient (Wildman–Crippen LogP) is 2.18. The van der Waals surface area contributed by atoms with Crippen LogP contribution in [0.3, 0.4) is 0 Å². The number of esters is 2. The van der Waals surface area contributed by atoms with Gasteiger partial charge in [-0.3, -0.25) is 4.79 Å². The van der Waals surface area contributed by atoms with Gasteiger partial charge in [0, 0.05) is 0 Å². The zero-order chi connectivity index (χ0) is 20.5. The van der Waals surface area contributed by atoms with Crippen LogP contribution in [0, 0.1) is 5.41 Å². The van der Waals surface area contributed by atoms with Crippen LogP contribution in [0.5, 0.6) is 0 Å². The molecule has 3 atom stereocenters. The molecule has 0 aromatic rings. The Morgan fingerprint density at radius 1 is 1.04 bits per heavy atom. The van der Waals surface area contributed by atoms with Crippen LogP contribution in [-0.2, 0) is 38.0 Å². The lowest BCUT2D eigenvalue weighted by Gasteiger charge is -2.23. The maximum absolute atomic E-state index is 12.0. The molecule has 0 N–H and O–H groups in total. The fraction of sp³-hybridized carbons (Fsp3) is 0.895. The van der Waals surface area contributed by atoms with Crippen molar-refractivity contribution < 1.29 is 38.0 Å². The predicted molar refractivity (Wildman–Crippen MR) is 94.7 cm³/mol. The number of rotatable bonds is 7. The van der Waals surface area contributed by atoms with Gasteiger partial charge in [0.1, 0.15) is 24.9 Å². The zero-order valence-electron chi connectivity index (χ0n) is 17.3. The maximum atomic E-state index is 12.0. The molecule has 0 amide bonds. The average molecular weight is 388 g/mol. The number of carbonyl (C=O) groups is 2. The van der Waals surface area contributed by atoms with Crippen LogP contribution in [-0.4, -0.2) is 61.6 Å². The van der Waals surface area contributed by atoms with Crippen molar-refractivity contribution in [2.24, 2.45) is 5.41 Å². The molecule has 2 fully saturated rings. The third-order valence-electron chi connectivity index (χ3n) is 4.78. The molecule has 8 heteroatoms. The lowest BCUT2D eigenvalue weighted by molar-refractivity contribution is -0.175. The van der Waals surface area contributed by atoms with Crippen LogP contribution in [0.25, 0.3) is 0 Å². The fourth-order valence-corrected chi connectivity index (χ4v) is 2.87. The molecule has 0 aromatic heterocycles. The van der Waals surface area contributed by atoms with Gasteiger partial charge in [0.2, 0.25) is 0 Å². The Hall–Kier alpha value is -1.22. The molecule has 0 saturated carbocycles. The van der Waals surface area contributed by atoms with Gasteiger partial charge in [-0.05, 0) is 48.0 Å². The van der Waals surface area contributed by atoms with E-state index < -0.39 is 47.7 Å². The van der Waals surface area contributed by atoms with Gasteiger partial charge >= 0.3 is 11.9 Å². The average Bonchev–Trinajstić information content (AvgIpc) is 3.08. The molecule has 2 heterocycles. The van der Waals surface area contributed by atoms with Gasteiger partial charge in [-0.2, -0.15) is 0 Å². The number of carbonyl (C=O) groups excluding carboxylic acids is 2. The van der Waals surface area contributed by atoms with Gasteiger partial charge in [0.05, 0.1) is 12.0 Å². The highest BCUT2D eigenvalue weighted by Gasteiger charge is 2.50. The number of ether oxygens (including phenoxy) is 6. The Labute approximate surface area is 160 Å². The van der Waals surface area contributed by atoms with Crippen molar-refractivity contribution in [3.8, 4) is 0 Å². The van der Waals surface area contributed by atoms with Crippen molar-refractivity contribution in [2.45, 2.75) is 84.8 Å². The lowest BCUT2D eigenvalue weighted by atomic mass is 9.91. The Bertz CT molecular complexity index is 554. The Balaban J connectivity index is 1.85. The molecular formula is C19H32O8. The van der Waals surface area contributed by atoms with Crippen molar-refractivity contribution in [2.75, 3.05) is 19.8 Å². The van der Waals surface area contributed by atoms with Gasteiger partial charge in [-0.1, -0.05) is 6.92 Å². The van der Waals surface area contributed by atoms with E-state index in [0.29, 0.717) is 13.0 Å². The maximum Gasteiger partial charge on any atom is 0.344 e. The highest BCUT2D eigenvalue weighted by Crippen LogP contribution is 2.35. The van der Waals surface area contributed by atoms with Gasteiger partial charge in [-0.25, -0.2) is 4.79 Å². The molecule has 0 bridgehead atoms. The molecule has 2 rings (SSSR count).